The number of nitrogens with one attached hydrogen (secondary N) is 1. The number of benzene rings is 1. The van der Waals surface area contributed by atoms with Crippen molar-refractivity contribution in [3.05, 3.63) is 30.6 Å². The van der Waals surface area contributed by atoms with Crippen LogP contribution < -0.4 is 5.32 Å². The summed E-state index contributed by atoms with van der Waals surface area (Å²) in [7, 11) is 0. The van der Waals surface area contributed by atoms with Crippen molar-refractivity contribution in [1.29, 1.82) is 0 Å². The molecule has 0 aliphatic rings. The van der Waals surface area contributed by atoms with E-state index in [2.05, 4.69) is 29.1 Å². The summed E-state index contributed by atoms with van der Waals surface area (Å²) in [5.41, 5.74) is 0.975. The van der Waals surface area contributed by atoms with Crippen LogP contribution in [0.15, 0.2) is 30.6 Å². The first-order chi connectivity index (χ1) is 9.27. The maximum Gasteiger partial charge on any atom is 0.137 e. The average molecular weight is 259 g/mol. The molecule has 2 rings (SSSR count). The van der Waals surface area contributed by atoms with E-state index in [4.69, 9.17) is 4.74 Å². The van der Waals surface area contributed by atoms with Gasteiger partial charge in [0.2, 0.25) is 0 Å². The van der Waals surface area contributed by atoms with Gasteiger partial charge in [0.25, 0.3) is 0 Å². The van der Waals surface area contributed by atoms with Gasteiger partial charge in [-0.1, -0.05) is 12.1 Å². The number of unbranched alkanes of at least 4 members (excludes halogenated alkanes) is 1. The van der Waals surface area contributed by atoms with Gasteiger partial charge in [0.05, 0.1) is 11.6 Å². The van der Waals surface area contributed by atoms with E-state index in [1.807, 2.05) is 24.3 Å². The lowest BCUT2D eigenvalue weighted by atomic mass is 10.2. The highest BCUT2D eigenvalue weighted by Crippen LogP contribution is 2.18. The Bertz CT molecular complexity index is 508. The smallest absolute Gasteiger partial charge is 0.137 e. The number of rotatable bonds is 7. The van der Waals surface area contributed by atoms with Crippen molar-refractivity contribution in [3.63, 3.8) is 0 Å². The summed E-state index contributed by atoms with van der Waals surface area (Å²) in [4.78, 5) is 8.55. The second-order valence-electron chi connectivity index (χ2n) is 4.79. The minimum atomic E-state index is 0.318. The largest absolute Gasteiger partial charge is 0.379 e. The van der Waals surface area contributed by atoms with Crippen molar-refractivity contribution in [2.24, 2.45) is 0 Å². The Morgan fingerprint density at radius 2 is 2.00 bits per heavy atom. The predicted octanol–water partition coefficient (Wildman–Crippen LogP) is 3.25. The summed E-state index contributed by atoms with van der Waals surface area (Å²) in [6.07, 6.45) is 4.06. The third-order valence-electron chi connectivity index (χ3n) is 2.86. The number of aromatic nitrogens is 2. The van der Waals surface area contributed by atoms with Gasteiger partial charge in [0.15, 0.2) is 0 Å². The lowest BCUT2D eigenvalue weighted by Crippen LogP contribution is -2.08. The van der Waals surface area contributed by atoms with Gasteiger partial charge < -0.3 is 10.1 Å². The van der Waals surface area contributed by atoms with Crippen LogP contribution >= 0.6 is 0 Å². The van der Waals surface area contributed by atoms with Gasteiger partial charge in [0, 0.05) is 18.5 Å². The number of ether oxygens (including phenoxy) is 1. The quantitative estimate of drug-likeness (QED) is 0.775. The van der Waals surface area contributed by atoms with E-state index < -0.39 is 0 Å². The third kappa shape index (κ3) is 4.17. The molecule has 0 unspecified atom stereocenters. The predicted molar refractivity (Wildman–Crippen MR) is 78.3 cm³/mol. The second kappa shape index (κ2) is 7.04. The van der Waals surface area contributed by atoms with Crippen LogP contribution in [-0.2, 0) is 4.74 Å². The molecule has 1 N–H and O–H groups in total. The molecule has 1 aromatic carbocycles. The molecular weight excluding hydrogens is 238 g/mol. The van der Waals surface area contributed by atoms with Crippen molar-refractivity contribution in [1.82, 2.24) is 9.97 Å². The molecule has 0 aliphatic heterocycles. The molecule has 4 nitrogen and oxygen atoms in total. The highest BCUT2D eigenvalue weighted by Gasteiger charge is 2.01. The number of anilines is 1. The lowest BCUT2D eigenvalue weighted by molar-refractivity contribution is 0.0765. The monoisotopic (exact) mass is 259 g/mol. The van der Waals surface area contributed by atoms with Gasteiger partial charge in [-0.3, -0.25) is 0 Å². The van der Waals surface area contributed by atoms with Crippen LogP contribution in [-0.4, -0.2) is 29.2 Å². The number of para-hydroxylation sites is 1. The Kier molecular flexibility index (Phi) is 5.10. The molecule has 0 saturated carbocycles. The zero-order valence-electron chi connectivity index (χ0n) is 11.6. The molecule has 0 saturated heterocycles. The fraction of sp³-hybridized carbons (Fsp3) is 0.467. The molecule has 0 amide bonds. The first-order valence-electron chi connectivity index (χ1n) is 6.82. The number of hydrogen-bond donors (Lipinski definition) is 1. The van der Waals surface area contributed by atoms with Gasteiger partial charge in [-0.15, -0.1) is 0 Å². The second-order valence-corrected chi connectivity index (χ2v) is 4.79. The molecule has 0 spiro atoms. The summed E-state index contributed by atoms with van der Waals surface area (Å²) in [5.74, 6) is 0.912. The fourth-order valence-electron chi connectivity index (χ4n) is 1.90. The first-order valence-corrected chi connectivity index (χ1v) is 6.82. The molecule has 0 aliphatic carbocycles. The summed E-state index contributed by atoms with van der Waals surface area (Å²) in [6, 6.07) is 8.04. The highest BCUT2D eigenvalue weighted by molar-refractivity contribution is 5.88. The molecule has 19 heavy (non-hydrogen) atoms. The SMILES string of the molecule is CC(C)OCCCCNc1ncnc2ccccc12. The Labute approximate surface area is 114 Å². The van der Waals surface area contributed by atoms with Gasteiger partial charge in [-0.05, 0) is 38.8 Å². The lowest BCUT2D eigenvalue weighted by Gasteiger charge is -2.09. The van der Waals surface area contributed by atoms with Crippen LogP contribution in [0.2, 0.25) is 0 Å². The highest BCUT2D eigenvalue weighted by atomic mass is 16.5. The molecule has 0 atom stereocenters. The van der Waals surface area contributed by atoms with Crippen LogP contribution in [0.1, 0.15) is 26.7 Å². The molecule has 0 radical (unpaired) electrons. The van der Waals surface area contributed by atoms with Gasteiger partial charge in [-0.2, -0.15) is 0 Å². The zero-order chi connectivity index (χ0) is 13.5. The summed E-state index contributed by atoms with van der Waals surface area (Å²) in [6.45, 7) is 5.85. The van der Waals surface area contributed by atoms with Crippen LogP contribution in [0, 0.1) is 0 Å². The number of nitrogens with zero attached hydrogens (tertiary/aromatic N) is 2. The van der Waals surface area contributed by atoms with E-state index in [1.54, 1.807) is 6.33 Å². The standard InChI is InChI=1S/C15H21N3O/c1-12(2)19-10-6-5-9-16-15-13-7-3-4-8-14(13)17-11-18-15/h3-4,7-8,11-12H,5-6,9-10H2,1-2H3,(H,16,17,18). The Morgan fingerprint density at radius 3 is 2.84 bits per heavy atom. The molecule has 0 fully saturated rings. The van der Waals surface area contributed by atoms with E-state index >= 15 is 0 Å². The van der Waals surface area contributed by atoms with Crippen LogP contribution in [0.5, 0.6) is 0 Å². The summed E-state index contributed by atoms with van der Waals surface area (Å²) >= 11 is 0. The Morgan fingerprint density at radius 1 is 1.16 bits per heavy atom. The summed E-state index contributed by atoms with van der Waals surface area (Å²) < 4.78 is 5.51. The number of fused-ring (bicyclic) bond motifs is 1. The molecule has 1 aromatic heterocycles. The minimum Gasteiger partial charge on any atom is -0.379 e. The molecule has 0 bridgehead atoms. The first kappa shape index (κ1) is 13.7. The molecule has 1 heterocycles. The van der Waals surface area contributed by atoms with Gasteiger partial charge in [0.1, 0.15) is 12.1 Å². The fourth-order valence-corrected chi connectivity index (χ4v) is 1.90. The van der Waals surface area contributed by atoms with Crippen molar-refractivity contribution in [3.8, 4) is 0 Å². The Hall–Kier alpha value is -1.68. The van der Waals surface area contributed by atoms with E-state index in [1.165, 1.54) is 0 Å². The van der Waals surface area contributed by atoms with Crippen molar-refractivity contribution in [2.45, 2.75) is 32.8 Å². The van der Waals surface area contributed by atoms with E-state index in [0.717, 1.165) is 42.7 Å². The topological polar surface area (TPSA) is 47.0 Å². The van der Waals surface area contributed by atoms with Gasteiger partial charge >= 0.3 is 0 Å². The van der Waals surface area contributed by atoms with E-state index in [0.29, 0.717) is 6.10 Å². The van der Waals surface area contributed by atoms with Crippen LogP contribution in [0.25, 0.3) is 10.9 Å². The Balaban J connectivity index is 1.82. The maximum absolute atomic E-state index is 5.51. The van der Waals surface area contributed by atoms with Crippen LogP contribution in [0.4, 0.5) is 5.82 Å². The van der Waals surface area contributed by atoms with Crippen molar-refractivity contribution >= 4 is 16.7 Å². The maximum atomic E-state index is 5.51. The molecule has 102 valence electrons. The summed E-state index contributed by atoms with van der Waals surface area (Å²) in [5, 5.41) is 4.44. The molecule has 4 heteroatoms. The van der Waals surface area contributed by atoms with E-state index in [-0.39, 0.29) is 0 Å². The van der Waals surface area contributed by atoms with Crippen LogP contribution in [0.3, 0.4) is 0 Å². The average Bonchev–Trinajstić information content (AvgIpc) is 2.42. The van der Waals surface area contributed by atoms with Crippen molar-refractivity contribution in [2.75, 3.05) is 18.5 Å². The zero-order valence-corrected chi connectivity index (χ0v) is 11.6. The normalized spacial score (nSPS) is 11.1. The van der Waals surface area contributed by atoms with Gasteiger partial charge in [-0.25, -0.2) is 9.97 Å². The van der Waals surface area contributed by atoms with E-state index in [9.17, 15) is 0 Å². The third-order valence-corrected chi connectivity index (χ3v) is 2.86. The molecular formula is C15H21N3O. The van der Waals surface area contributed by atoms with Crippen molar-refractivity contribution < 1.29 is 4.74 Å². The number of hydrogen-bond acceptors (Lipinski definition) is 4. The molecule has 2 aromatic rings. The minimum absolute atomic E-state index is 0.318.